The minimum absolute atomic E-state index is 0.0448. The summed E-state index contributed by atoms with van der Waals surface area (Å²) < 4.78 is 39.6. The van der Waals surface area contributed by atoms with Crippen molar-refractivity contribution in [3.63, 3.8) is 0 Å². The third kappa shape index (κ3) is 3.04. The lowest BCUT2D eigenvalue weighted by atomic mass is 10.1. The molecule has 2 heterocycles. The maximum Gasteiger partial charge on any atom is 0.299 e. The largest absolute Gasteiger partial charge is 0.299 e. The number of hydrogen-bond acceptors (Lipinski definition) is 4. The zero-order valence-corrected chi connectivity index (χ0v) is 14.3. The number of Topliss-reactive ketones (excluding diaryl/α,β-unsaturated/α-hetero) is 1. The van der Waals surface area contributed by atoms with Crippen LogP contribution in [0.4, 0.5) is 13.2 Å². The van der Waals surface area contributed by atoms with Gasteiger partial charge in [0.15, 0.2) is 17.1 Å². The molecule has 0 fully saturated rings. The second kappa shape index (κ2) is 6.91. The molecule has 0 atom stereocenters. The first-order valence-electron chi connectivity index (χ1n) is 8.43. The lowest BCUT2D eigenvalue weighted by Crippen LogP contribution is -2.15. The van der Waals surface area contributed by atoms with Crippen LogP contribution in [0.1, 0.15) is 23.2 Å². The van der Waals surface area contributed by atoms with Gasteiger partial charge in [0.1, 0.15) is 5.52 Å². The molecule has 2 aromatic carbocycles. The number of fused-ring (bicyclic) bond motifs is 3. The van der Waals surface area contributed by atoms with Crippen molar-refractivity contribution in [1.29, 1.82) is 0 Å². The molecule has 2 aromatic heterocycles. The Bertz CT molecular complexity index is 1250. The van der Waals surface area contributed by atoms with Gasteiger partial charge in [0, 0.05) is 23.8 Å². The molecule has 4 aromatic rings. The van der Waals surface area contributed by atoms with Crippen LogP contribution in [0.25, 0.3) is 27.6 Å². The second-order valence-electron chi connectivity index (χ2n) is 6.21. The zero-order chi connectivity index (χ0) is 19.8. The topological polar surface area (TPSA) is 80.6 Å². The van der Waals surface area contributed by atoms with E-state index in [4.69, 9.17) is 0 Å². The average molecular weight is 386 g/mol. The molecule has 0 spiro atoms. The molecule has 4 rings (SSSR count). The molecule has 0 saturated carbocycles. The van der Waals surface area contributed by atoms with E-state index in [-0.39, 0.29) is 23.0 Å². The lowest BCUT2D eigenvalue weighted by molar-refractivity contribution is 0.0909. The fraction of sp³-hybridized carbons (Fsp3) is 0.158. The summed E-state index contributed by atoms with van der Waals surface area (Å²) in [6, 6.07) is 10.3. The van der Waals surface area contributed by atoms with Gasteiger partial charge in [-0.25, -0.2) is 17.9 Å². The molecule has 0 amide bonds. The number of benzene rings is 2. The Labute approximate surface area is 155 Å². The van der Waals surface area contributed by atoms with Crippen LogP contribution in [-0.4, -0.2) is 32.2 Å². The smallest absolute Gasteiger partial charge is 0.294 e. The van der Waals surface area contributed by atoms with Crippen molar-refractivity contribution in [2.24, 2.45) is 0 Å². The van der Waals surface area contributed by atoms with E-state index in [0.29, 0.717) is 16.6 Å². The molecule has 0 radical (unpaired) electrons. The first-order chi connectivity index (χ1) is 13.5. The van der Waals surface area contributed by atoms with Crippen molar-refractivity contribution in [3.8, 4) is 5.69 Å². The fourth-order valence-corrected chi connectivity index (χ4v) is 2.99. The predicted octanol–water partition coefficient (Wildman–Crippen LogP) is 3.63. The number of nitrogens with zero attached hydrogens (tertiary/aromatic N) is 3. The van der Waals surface area contributed by atoms with E-state index in [1.807, 2.05) is 0 Å². The normalized spacial score (nSPS) is 11.6. The van der Waals surface area contributed by atoms with Crippen molar-refractivity contribution in [2.75, 3.05) is 0 Å². The molecule has 0 unspecified atom stereocenters. The van der Waals surface area contributed by atoms with Gasteiger partial charge in [-0.3, -0.25) is 14.7 Å². The van der Waals surface area contributed by atoms with E-state index < -0.39 is 30.0 Å². The SMILES string of the molecule is O=C(CCC(F)F)c1ccc(-n2[nH]c3c(nnc4c(F)cccc43)c2=O)cc1. The van der Waals surface area contributed by atoms with E-state index in [2.05, 4.69) is 15.3 Å². The molecule has 0 saturated heterocycles. The monoisotopic (exact) mass is 386 g/mol. The number of hydrogen-bond donors (Lipinski definition) is 1. The third-order valence-corrected chi connectivity index (χ3v) is 4.41. The number of carbonyl (C=O) groups excluding carboxylic acids is 1. The van der Waals surface area contributed by atoms with Crippen LogP contribution in [0.3, 0.4) is 0 Å². The van der Waals surface area contributed by atoms with Gasteiger partial charge in [-0.1, -0.05) is 12.1 Å². The van der Waals surface area contributed by atoms with Crippen LogP contribution in [0.2, 0.25) is 0 Å². The van der Waals surface area contributed by atoms with Crippen molar-refractivity contribution in [2.45, 2.75) is 19.3 Å². The first kappa shape index (κ1) is 17.9. The van der Waals surface area contributed by atoms with Gasteiger partial charge in [0.2, 0.25) is 6.43 Å². The molecular formula is C19H13F3N4O2. The van der Waals surface area contributed by atoms with E-state index >= 15 is 0 Å². The fourth-order valence-electron chi connectivity index (χ4n) is 2.99. The number of ketones is 1. The number of aromatic nitrogens is 4. The molecule has 0 bridgehead atoms. The Morgan fingerprint density at radius 3 is 2.50 bits per heavy atom. The molecule has 9 heteroatoms. The number of rotatable bonds is 5. The van der Waals surface area contributed by atoms with Crippen LogP contribution in [-0.2, 0) is 0 Å². The second-order valence-corrected chi connectivity index (χ2v) is 6.21. The molecule has 0 aliphatic rings. The summed E-state index contributed by atoms with van der Waals surface area (Å²) in [5.74, 6) is -0.949. The molecule has 142 valence electrons. The van der Waals surface area contributed by atoms with Crippen LogP contribution in [0, 0.1) is 5.82 Å². The quantitative estimate of drug-likeness (QED) is 0.531. The number of carbonyl (C=O) groups is 1. The van der Waals surface area contributed by atoms with Crippen LogP contribution in [0.15, 0.2) is 47.3 Å². The number of aromatic amines is 1. The van der Waals surface area contributed by atoms with Crippen molar-refractivity contribution in [1.82, 2.24) is 20.0 Å². The minimum atomic E-state index is -2.53. The van der Waals surface area contributed by atoms with Gasteiger partial charge in [-0.05, 0) is 30.3 Å². The Balaban J connectivity index is 1.74. The summed E-state index contributed by atoms with van der Waals surface area (Å²) in [7, 11) is 0. The summed E-state index contributed by atoms with van der Waals surface area (Å²) in [6.07, 6.45) is -3.28. The summed E-state index contributed by atoms with van der Waals surface area (Å²) >= 11 is 0. The van der Waals surface area contributed by atoms with Gasteiger partial charge in [-0.2, -0.15) is 0 Å². The van der Waals surface area contributed by atoms with Crippen LogP contribution < -0.4 is 5.56 Å². The summed E-state index contributed by atoms with van der Waals surface area (Å²) in [6.45, 7) is 0. The molecule has 0 aliphatic carbocycles. The third-order valence-electron chi connectivity index (χ3n) is 4.41. The summed E-state index contributed by atoms with van der Waals surface area (Å²) in [5.41, 5.74) is 0.648. The van der Waals surface area contributed by atoms with Gasteiger partial charge in [0.05, 0.1) is 11.2 Å². The van der Waals surface area contributed by atoms with Gasteiger partial charge < -0.3 is 0 Å². The maximum atomic E-state index is 13.9. The number of alkyl halides is 2. The van der Waals surface area contributed by atoms with Crippen molar-refractivity contribution >= 4 is 27.7 Å². The standard InChI is InChI=1S/C19H13F3N4O2/c20-13-3-1-2-12-16(13)23-24-18-17(12)25-26(19(18)28)11-6-4-10(5-7-11)14(27)8-9-15(21)22/h1-7,15,25H,8-9H2. The van der Waals surface area contributed by atoms with E-state index in [0.717, 1.165) is 0 Å². The molecule has 0 aliphatic heterocycles. The first-order valence-corrected chi connectivity index (χ1v) is 8.43. The summed E-state index contributed by atoms with van der Waals surface area (Å²) in [5, 5.41) is 10.9. The Kier molecular flexibility index (Phi) is 4.42. The highest BCUT2D eigenvalue weighted by atomic mass is 19.3. The number of halogens is 3. The molecule has 28 heavy (non-hydrogen) atoms. The molecular weight excluding hydrogens is 373 g/mol. The molecule has 1 N–H and O–H groups in total. The Hall–Kier alpha value is -3.49. The van der Waals surface area contributed by atoms with Crippen LogP contribution in [0.5, 0.6) is 0 Å². The Morgan fingerprint density at radius 1 is 1.07 bits per heavy atom. The molecule has 6 nitrogen and oxygen atoms in total. The average Bonchev–Trinajstić information content (AvgIpc) is 3.03. The highest BCUT2D eigenvalue weighted by Crippen LogP contribution is 2.21. The predicted molar refractivity (Wildman–Crippen MR) is 96.5 cm³/mol. The zero-order valence-electron chi connectivity index (χ0n) is 14.3. The maximum absolute atomic E-state index is 13.9. The summed E-state index contributed by atoms with van der Waals surface area (Å²) in [4.78, 5) is 24.6. The van der Waals surface area contributed by atoms with Crippen LogP contribution >= 0.6 is 0 Å². The van der Waals surface area contributed by atoms with E-state index in [1.54, 1.807) is 6.07 Å². The minimum Gasteiger partial charge on any atom is -0.294 e. The highest BCUT2D eigenvalue weighted by Gasteiger charge is 2.16. The van der Waals surface area contributed by atoms with Crippen molar-refractivity contribution < 1.29 is 18.0 Å². The van der Waals surface area contributed by atoms with E-state index in [9.17, 15) is 22.8 Å². The number of nitrogens with one attached hydrogen (secondary N) is 1. The van der Waals surface area contributed by atoms with E-state index in [1.165, 1.54) is 41.1 Å². The van der Waals surface area contributed by atoms with Gasteiger partial charge in [-0.15, -0.1) is 10.2 Å². The van der Waals surface area contributed by atoms with Gasteiger partial charge >= 0.3 is 0 Å². The Morgan fingerprint density at radius 2 is 1.79 bits per heavy atom. The van der Waals surface area contributed by atoms with Crippen molar-refractivity contribution in [3.05, 3.63) is 64.2 Å². The highest BCUT2D eigenvalue weighted by molar-refractivity contribution is 6.01. The lowest BCUT2D eigenvalue weighted by Gasteiger charge is -2.04. The number of H-pyrrole nitrogens is 1. The van der Waals surface area contributed by atoms with Gasteiger partial charge in [0.25, 0.3) is 5.56 Å².